The smallest absolute Gasteiger partial charge is 0.263 e. The highest BCUT2D eigenvalue weighted by Gasteiger charge is 2.24. The van der Waals surface area contributed by atoms with Crippen LogP contribution in [0, 0.1) is 0 Å². The Hall–Kier alpha value is -2.61. The third-order valence-electron chi connectivity index (χ3n) is 3.69. The number of fused-ring (bicyclic) bond motifs is 1. The lowest BCUT2D eigenvalue weighted by Crippen LogP contribution is -2.22. The number of nitrogens with one attached hydrogen (secondary N) is 2. The van der Waals surface area contributed by atoms with Crippen molar-refractivity contribution in [1.29, 1.82) is 0 Å². The molecule has 7 nitrogen and oxygen atoms in total. The molecular weight excluding hydrogens is 330 g/mol. The number of pyridine rings is 1. The van der Waals surface area contributed by atoms with Gasteiger partial charge in [0.2, 0.25) is 0 Å². The number of anilines is 1. The number of hydrogen-bond donors (Lipinski definition) is 2. The highest BCUT2D eigenvalue weighted by molar-refractivity contribution is 7.92. The summed E-state index contributed by atoms with van der Waals surface area (Å²) >= 11 is 0. The molecule has 8 heteroatoms. The first-order valence-electron chi connectivity index (χ1n) is 7.40. The van der Waals surface area contributed by atoms with Crippen molar-refractivity contribution in [3.63, 3.8) is 0 Å². The number of amides is 1. The van der Waals surface area contributed by atoms with Crippen LogP contribution in [0.2, 0.25) is 0 Å². The molecule has 2 heterocycles. The zero-order valence-corrected chi connectivity index (χ0v) is 14.1. The third kappa shape index (κ3) is 3.05. The number of sulfonamides is 1. The van der Waals surface area contributed by atoms with Gasteiger partial charge in [0, 0.05) is 19.7 Å². The van der Waals surface area contributed by atoms with E-state index in [-0.39, 0.29) is 22.4 Å². The van der Waals surface area contributed by atoms with Gasteiger partial charge in [-0.25, -0.2) is 13.4 Å². The molecule has 1 aromatic heterocycles. The molecule has 1 unspecified atom stereocenters. The van der Waals surface area contributed by atoms with Crippen molar-refractivity contribution in [1.82, 2.24) is 10.3 Å². The van der Waals surface area contributed by atoms with Gasteiger partial charge < -0.3 is 10.1 Å². The molecule has 2 N–H and O–H groups in total. The van der Waals surface area contributed by atoms with Crippen LogP contribution in [0.5, 0.6) is 5.75 Å². The lowest BCUT2D eigenvalue weighted by atomic mass is 10.1. The zero-order valence-electron chi connectivity index (χ0n) is 13.2. The van der Waals surface area contributed by atoms with Gasteiger partial charge in [-0.05, 0) is 42.8 Å². The standard InChI is InChI=1S/C16H17N3O4S/c1-10-8-11-9-12(5-6-14(11)23-10)24(21,22)19-15-13(16(20)17-2)4-3-7-18-15/h3-7,9-10H,8H2,1-2H3,(H,17,20)(H,18,19). The maximum absolute atomic E-state index is 12.6. The van der Waals surface area contributed by atoms with Crippen molar-refractivity contribution in [3.05, 3.63) is 47.7 Å². The molecule has 0 fully saturated rings. The van der Waals surface area contributed by atoms with Crippen LogP contribution in [0.4, 0.5) is 5.82 Å². The minimum Gasteiger partial charge on any atom is -0.490 e. The molecule has 1 aromatic carbocycles. The van der Waals surface area contributed by atoms with Crippen LogP contribution >= 0.6 is 0 Å². The Morgan fingerprint density at radius 2 is 2.12 bits per heavy atom. The molecular formula is C16H17N3O4S. The number of rotatable bonds is 4. The Kier molecular flexibility index (Phi) is 4.15. The Morgan fingerprint density at radius 1 is 1.33 bits per heavy atom. The Labute approximate surface area is 140 Å². The Bertz CT molecular complexity index is 896. The van der Waals surface area contributed by atoms with Crippen LogP contribution in [0.3, 0.4) is 0 Å². The average molecular weight is 347 g/mol. The van der Waals surface area contributed by atoms with E-state index in [0.717, 1.165) is 5.56 Å². The average Bonchev–Trinajstić information content (AvgIpc) is 2.93. The van der Waals surface area contributed by atoms with E-state index < -0.39 is 15.9 Å². The summed E-state index contributed by atoms with van der Waals surface area (Å²) in [4.78, 5) is 15.9. The van der Waals surface area contributed by atoms with Gasteiger partial charge in [0.05, 0.1) is 10.5 Å². The van der Waals surface area contributed by atoms with Gasteiger partial charge in [0.15, 0.2) is 5.82 Å². The van der Waals surface area contributed by atoms with Gasteiger partial charge in [-0.2, -0.15) is 0 Å². The monoisotopic (exact) mass is 347 g/mol. The van der Waals surface area contributed by atoms with Gasteiger partial charge in [-0.3, -0.25) is 9.52 Å². The van der Waals surface area contributed by atoms with E-state index in [1.54, 1.807) is 18.2 Å². The molecule has 0 spiro atoms. The lowest BCUT2D eigenvalue weighted by molar-refractivity contribution is 0.0963. The van der Waals surface area contributed by atoms with Crippen molar-refractivity contribution >= 4 is 21.7 Å². The SMILES string of the molecule is CNC(=O)c1cccnc1NS(=O)(=O)c1ccc2c(c1)CC(C)O2. The second kappa shape index (κ2) is 6.12. The fraction of sp³-hybridized carbons (Fsp3) is 0.250. The first kappa shape index (κ1) is 16.3. The van der Waals surface area contributed by atoms with Gasteiger partial charge in [-0.1, -0.05) is 0 Å². The summed E-state index contributed by atoms with van der Waals surface area (Å²) in [5.41, 5.74) is 1.000. The number of carbonyl (C=O) groups excluding carboxylic acids is 1. The predicted octanol–water partition coefficient (Wildman–Crippen LogP) is 1.57. The summed E-state index contributed by atoms with van der Waals surface area (Å²) in [6.45, 7) is 1.93. The molecule has 0 saturated carbocycles. The van der Waals surface area contributed by atoms with Crippen molar-refractivity contribution in [3.8, 4) is 5.75 Å². The van der Waals surface area contributed by atoms with Crippen molar-refractivity contribution in [2.75, 3.05) is 11.8 Å². The van der Waals surface area contributed by atoms with Crippen LogP contribution in [0.25, 0.3) is 0 Å². The maximum atomic E-state index is 12.6. The summed E-state index contributed by atoms with van der Waals surface area (Å²) in [6, 6.07) is 7.77. The quantitative estimate of drug-likeness (QED) is 0.875. The zero-order chi connectivity index (χ0) is 17.3. The topological polar surface area (TPSA) is 97.4 Å². The van der Waals surface area contributed by atoms with E-state index in [4.69, 9.17) is 4.74 Å². The molecule has 126 valence electrons. The minimum atomic E-state index is -3.86. The molecule has 3 rings (SSSR count). The highest BCUT2D eigenvalue weighted by Crippen LogP contribution is 2.31. The molecule has 0 bridgehead atoms. The van der Waals surface area contributed by atoms with Crippen LogP contribution in [-0.4, -0.2) is 32.5 Å². The molecule has 0 saturated heterocycles. The third-order valence-corrected chi connectivity index (χ3v) is 5.02. The molecule has 1 aliphatic heterocycles. The lowest BCUT2D eigenvalue weighted by Gasteiger charge is -2.11. The van der Waals surface area contributed by atoms with Crippen LogP contribution in [-0.2, 0) is 16.4 Å². The second-order valence-electron chi connectivity index (χ2n) is 5.49. The Morgan fingerprint density at radius 3 is 2.88 bits per heavy atom. The van der Waals surface area contributed by atoms with E-state index in [1.807, 2.05) is 6.92 Å². The van der Waals surface area contributed by atoms with E-state index >= 15 is 0 Å². The minimum absolute atomic E-state index is 0.0121. The predicted molar refractivity (Wildman–Crippen MR) is 88.7 cm³/mol. The first-order chi connectivity index (χ1) is 11.4. The maximum Gasteiger partial charge on any atom is 0.263 e. The summed E-state index contributed by atoms with van der Waals surface area (Å²) < 4.78 is 33.2. The number of benzene rings is 1. The molecule has 0 aliphatic carbocycles. The van der Waals surface area contributed by atoms with Gasteiger partial charge in [0.1, 0.15) is 11.9 Å². The largest absolute Gasteiger partial charge is 0.490 e. The van der Waals surface area contributed by atoms with Gasteiger partial charge >= 0.3 is 0 Å². The van der Waals surface area contributed by atoms with Crippen LogP contribution in [0.1, 0.15) is 22.8 Å². The van der Waals surface area contributed by atoms with E-state index in [1.165, 1.54) is 25.4 Å². The number of carbonyl (C=O) groups is 1. The van der Waals surface area contributed by atoms with Crippen LogP contribution < -0.4 is 14.8 Å². The fourth-order valence-corrected chi connectivity index (χ4v) is 3.64. The first-order valence-corrected chi connectivity index (χ1v) is 8.88. The van der Waals surface area contributed by atoms with Crippen molar-refractivity contribution in [2.24, 2.45) is 0 Å². The summed E-state index contributed by atoms with van der Waals surface area (Å²) in [6.07, 6.45) is 2.11. The van der Waals surface area contributed by atoms with Crippen molar-refractivity contribution < 1.29 is 17.9 Å². The molecule has 24 heavy (non-hydrogen) atoms. The summed E-state index contributed by atoms with van der Waals surface area (Å²) in [5.74, 6) is 0.268. The fourth-order valence-electron chi connectivity index (χ4n) is 2.56. The normalized spacial score (nSPS) is 16.2. The van der Waals surface area contributed by atoms with Crippen LogP contribution in [0.15, 0.2) is 41.4 Å². The van der Waals surface area contributed by atoms with Crippen molar-refractivity contribution in [2.45, 2.75) is 24.3 Å². The number of ether oxygens (including phenoxy) is 1. The number of aromatic nitrogens is 1. The second-order valence-corrected chi connectivity index (χ2v) is 7.17. The number of nitrogens with zero attached hydrogens (tertiary/aromatic N) is 1. The molecule has 1 aliphatic rings. The van der Waals surface area contributed by atoms with Gasteiger partial charge in [0.25, 0.3) is 15.9 Å². The van der Waals surface area contributed by atoms with E-state index in [9.17, 15) is 13.2 Å². The Balaban J connectivity index is 1.93. The number of hydrogen-bond acceptors (Lipinski definition) is 5. The summed E-state index contributed by atoms with van der Waals surface area (Å²) in [5, 5.41) is 2.46. The summed E-state index contributed by atoms with van der Waals surface area (Å²) in [7, 11) is -2.40. The molecule has 1 atom stereocenters. The van der Waals surface area contributed by atoms with E-state index in [0.29, 0.717) is 12.2 Å². The van der Waals surface area contributed by atoms with E-state index in [2.05, 4.69) is 15.0 Å². The molecule has 0 radical (unpaired) electrons. The molecule has 1 amide bonds. The highest BCUT2D eigenvalue weighted by atomic mass is 32.2. The molecule has 2 aromatic rings. The van der Waals surface area contributed by atoms with Gasteiger partial charge in [-0.15, -0.1) is 0 Å².